The number of nitrogen functional groups attached to an aromatic ring is 1. The summed E-state index contributed by atoms with van der Waals surface area (Å²) in [5, 5.41) is 0.485. The van der Waals surface area contributed by atoms with Crippen molar-refractivity contribution in [2.75, 3.05) is 5.73 Å². The van der Waals surface area contributed by atoms with Gasteiger partial charge >= 0.3 is 0 Å². The number of halogens is 1. The monoisotopic (exact) mass is 251 g/mol. The number of hydrogen-bond donors (Lipinski definition) is 1. The van der Waals surface area contributed by atoms with Crippen LogP contribution in [0.1, 0.15) is 48.9 Å². The van der Waals surface area contributed by atoms with Gasteiger partial charge in [0.1, 0.15) is 0 Å². The first-order chi connectivity index (χ1) is 8.18. The number of carbonyl (C=O) groups is 1. The van der Waals surface area contributed by atoms with Gasteiger partial charge in [-0.2, -0.15) is 0 Å². The molecule has 92 valence electrons. The minimum atomic E-state index is 0.152. The minimum absolute atomic E-state index is 0.152. The second-order valence-corrected chi connectivity index (χ2v) is 5.20. The topological polar surface area (TPSA) is 43.1 Å². The molecule has 2 N–H and O–H groups in total. The summed E-state index contributed by atoms with van der Waals surface area (Å²) in [5.41, 5.74) is 6.87. The molecule has 3 heteroatoms. The Labute approximate surface area is 107 Å². The van der Waals surface area contributed by atoms with Gasteiger partial charge in [0.05, 0.1) is 5.02 Å². The Morgan fingerprint density at radius 1 is 1.18 bits per heavy atom. The van der Waals surface area contributed by atoms with Gasteiger partial charge in [-0.15, -0.1) is 0 Å². The number of anilines is 1. The van der Waals surface area contributed by atoms with Gasteiger partial charge in [-0.05, 0) is 31.0 Å². The molecule has 0 aromatic heterocycles. The zero-order valence-electron chi connectivity index (χ0n) is 9.92. The lowest BCUT2D eigenvalue weighted by Crippen LogP contribution is -2.14. The lowest BCUT2D eigenvalue weighted by atomic mass is 9.91. The molecular weight excluding hydrogens is 234 g/mol. The molecule has 0 amide bonds. The standard InChI is InChI=1S/C14H18ClNO/c15-13-9-11(16)7-8-12(13)14(17)10-5-3-1-2-4-6-10/h7-10H,1-6,16H2. The highest BCUT2D eigenvalue weighted by atomic mass is 35.5. The Morgan fingerprint density at radius 3 is 2.41 bits per heavy atom. The van der Waals surface area contributed by atoms with Crippen molar-refractivity contribution in [3.05, 3.63) is 28.8 Å². The molecule has 0 spiro atoms. The van der Waals surface area contributed by atoms with Crippen molar-refractivity contribution in [2.45, 2.75) is 38.5 Å². The molecule has 1 aromatic rings. The van der Waals surface area contributed by atoms with E-state index in [1.54, 1.807) is 18.2 Å². The van der Waals surface area contributed by atoms with Crippen LogP contribution in [0.25, 0.3) is 0 Å². The highest BCUT2D eigenvalue weighted by Gasteiger charge is 2.22. The molecule has 17 heavy (non-hydrogen) atoms. The van der Waals surface area contributed by atoms with Gasteiger partial charge in [0.15, 0.2) is 5.78 Å². The minimum Gasteiger partial charge on any atom is -0.399 e. The van der Waals surface area contributed by atoms with Crippen LogP contribution >= 0.6 is 11.6 Å². The van der Waals surface area contributed by atoms with Crippen LogP contribution < -0.4 is 5.73 Å². The molecule has 1 aromatic carbocycles. The lowest BCUT2D eigenvalue weighted by Gasteiger charge is -2.13. The van der Waals surface area contributed by atoms with Crippen LogP contribution in [0.4, 0.5) is 5.69 Å². The fraction of sp³-hybridized carbons (Fsp3) is 0.500. The van der Waals surface area contributed by atoms with Crippen LogP contribution in [0.5, 0.6) is 0 Å². The van der Waals surface area contributed by atoms with E-state index in [0.717, 1.165) is 25.7 Å². The number of carbonyl (C=O) groups excluding carboxylic acids is 1. The number of nitrogens with two attached hydrogens (primary N) is 1. The third-order valence-corrected chi connectivity index (χ3v) is 3.80. The van der Waals surface area contributed by atoms with Crippen molar-refractivity contribution in [2.24, 2.45) is 5.92 Å². The van der Waals surface area contributed by atoms with Gasteiger partial charge in [-0.1, -0.05) is 37.3 Å². The van der Waals surface area contributed by atoms with Gasteiger partial charge in [0.2, 0.25) is 0 Å². The van der Waals surface area contributed by atoms with Gasteiger partial charge in [-0.25, -0.2) is 0 Å². The molecule has 2 rings (SSSR count). The zero-order valence-corrected chi connectivity index (χ0v) is 10.7. The maximum absolute atomic E-state index is 12.4. The number of rotatable bonds is 2. The van der Waals surface area contributed by atoms with Crippen molar-refractivity contribution in [1.29, 1.82) is 0 Å². The van der Waals surface area contributed by atoms with Crippen molar-refractivity contribution in [3.8, 4) is 0 Å². The third-order valence-electron chi connectivity index (χ3n) is 3.48. The van der Waals surface area contributed by atoms with Crippen LogP contribution in [0, 0.1) is 5.92 Å². The molecule has 1 saturated carbocycles. The fourth-order valence-electron chi connectivity index (χ4n) is 2.49. The Balaban J connectivity index is 2.17. The van der Waals surface area contributed by atoms with Crippen LogP contribution in [0.15, 0.2) is 18.2 Å². The molecule has 0 aliphatic heterocycles. The Kier molecular flexibility index (Phi) is 4.06. The highest BCUT2D eigenvalue weighted by molar-refractivity contribution is 6.34. The lowest BCUT2D eigenvalue weighted by molar-refractivity contribution is 0.0908. The summed E-state index contributed by atoms with van der Waals surface area (Å²) in [6.45, 7) is 0. The number of Topliss-reactive ketones (excluding diaryl/α,β-unsaturated/α-hetero) is 1. The van der Waals surface area contributed by atoms with Gasteiger partial charge in [-0.3, -0.25) is 4.79 Å². The summed E-state index contributed by atoms with van der Waals surface area (Å²) in [5.74, 6) is 0.343. The molecule has 0 bridgehead atoms. The maximum atomic E-state index is 12.4. The summed E-state index contributed by atoms with van der Waals surface area (Å²) in [4.78, 5) is 12.4. The molecular formula is C14H18ClNO. The molecule has 0 saturated heterocycles. The second kappa shape index (κ2) is 5.54. The van der Waals surface area contributed by atoms with E-state index < -0.39 is 0 Å². The SMILES string of the molecule is Nc1ccc(C(=O)C2CCCCCC2)c(Cl)c1. The van der Waals surface area contributed by atoms with Crippen molar-refractivity contribution < 1.29 is 4.79 Å². The fourth-order valence-corrected chi connectivity index (χ4v) is 2.77. The molecule has 0 atom stereocenters. The van der Waals surface area contributed by atoms with Gasteiger partial charge in [0.25, 0.3) is 0 Å². The van der Waals surface area contributed by atoms with E-state index >= 15 is 0 Å². The van der Waals surface area contributed by atoms with Gasteiger partial charge in [0, 0.05) is 17.2 Å². The van der Waals surface area contributed by atoms with Crippen molar-refractivity contribution in [1.82, 2.24) is 0 Å². The maximum Gasteiger partial charge on any atom is 0.167 e. The van der Waals surface area contributed by atoms with E-state index in [1.807, 2.05) is 0 Å². The molecule has 0 heterocycles. The first-order valence-corrected chi connectivity index (χ1v) is 6.65. The van der Waals surface area contributed by atoms with Gasteiger partial charge < -0.3 is 5.73 Å². The largest absolute Gasteiger partial charge is 0.399 e. The summed E-state index contributed by atoms with van der Waals surface area (Å²) >= 11 is 6.08. The number of hydrogen-bond acceptors (Lipinski definition) is 2. The van der Waals surface area contributed by atoms with Crippen molar-refractivity contribution >= 4 is 23.1 Å². The molecule has 0 unspecified atom stereocenters. The van der Waals surface area contributed by atoms with Crippen LogP contribution in [0.3, 0.4) is 0 Å². The van der Waals surface area contributed by atoms with E-state index in [1.165, 1.54) is 12.8 Å². The van der Waals surface area contributed by atoms with E-state index in [2.05, 4.69) is 0 Å². The summed E-state index contributed by atoms with van der Waals surface area (Å²) in [6.07, 6.45) is 6.81. The van der Waals surface area contributed by atoms with Crippen LogP contribution in [-0.4, -0.2) is 5.78 Å². The summed E-state index contributed by atoms with van der Waals surface area (Å²) < 4.78 is 0. The Morgan fingerprint density at radius 2 is 1.82 bits per heavy atom. The molecule has 0 radical (unpaired) electrons. The van der Waals surface area contributed by atoms with Crippen molar-refractivity contribution in [3.63, 3.8) is 0 Å². The van der Waals surface area contributed by atoms with E-state index in [0.29, 0.717) is 16.3 Å². The summed E-state index contributed by atoms with van der Waals surface area (Å²) in [6, 6.07) is 5.16. The van der Waals surface area contributed by atoms with E-state index in [9.17, 15) is 4.79 Å². The average Bonchev–Trinajstić information content (AvgIpc) is 2.56. The Bertz CT molecular complexity index is 409. The molecule has 1 aliphatic rings. The molecule has 1 fully saturated rings. The highest BCUT2D eigenvalue weighted by Crippen LogP contribution is 2.29. The quantitative estimate of drug-likeness (QED) is 0.489. The zero-order chi connectivity index (χ0) is 12.3. The number of benzene rings is 1. The summed E-state index contributed by atoms with van der Waals surface area (Å²) in [7, 11) is 0. The van der Waals surface area contributed by atoms with Crippen LogP contribution in [0.2, 0.25) is 5.02 Å². The molecule has 2 nitrogen and oxygen atoms in total. The first-order valence-electron chi connectivity index (χ1n) is 6.27. The average molecular weight is 252 g/mol. The predicted octanol–water partition coefficient (Wildman–Crippen LogP) is 4.08. The molecule has 1 aliphatic carbocycles. The first kappa shape index (κ1) is 12.4. The van der Waals surface area contributed by atoms with E-state index in [4.69, 9.17) is 17.3 Å². The van der Waals surface area contributed by atoms with E-state index in [-0.39, 0.29) is 11.7 Å². The Hall–Kier alpha value is -1.02. The third kappa shape index (κ3) is 3.01. The smallest absolute Gasteiger partial charge is 0.167 e. The van der Waals surface area contributed by atoms with Crippen LogP contribution in [-0.2, 0) is 0 Å². The number of ketones is 1. The second-order valence-electron chi connectivity index (χ2n) is 4.79. The normalized spacial score (nSPS) is 17.7. The predicted molar refractivity (Wildman–Crippen MR) is 71.4 cm³/mol.